The summed E-state index contributed by atoms with van der Waals surface area (Å²) in [5.74, 6) is -0.130. The summed E-state index contributed by atoms with van der Waals surface area (Å²) in [5, 5.41) is 8.99. The van der Waals surface area contributed by atoms with Crippen molar-refractivity contribution >= 4 is 23.7 Å². The lowest BCUT2D eigenvalue weighted by molar-refractivity contribution is -0.0106. The second-order valence-electron chi connectivity index (χ2n) is 9.70. The molecule has 2 aliphatic heterocycles. The first-order valence-electron chi connectivity index (χ1n) is 13.1. The van der Waals surface area contributed by atoms with Crippen molar-refractivity contribution in [3.05, 3.63) is 34.6 Å². The van der Waals surface area contributed by atoms with Gasteiger partial charge in [-0.2, -0.15) is 0 Å². The fourth-order valence-corrected chi connectivity index (χ4v) is 5.34. The molecule has 0 aromatic heterocycles. The molecule has 3 N–H and O–H groups in total. The fraction of sp³-hybridized carbons (Fsp3) is 0.692. The maximum atomic E-state index is 15.0. The molecule has 0 aliphatic carbocycles. The van der Waals surface area contributed by atoms with E-state index in [1.807, 2.05) is 7.05 Å². The van der Waals surface area contributed by atoms with Gasteiger partial charge in [-0.05, 0) is 51.1 Å². The van der Waals surface area contributed by atoms with Crippen LogP contribution < -0.4 is 16.0 Å². The Morgan fingerprint density at radius 1 is 1.27 bits per heavy atom. The second kappa shape index (κ2) is 15.3. The molecule has 11 heteroatoms. The van der Waals surface area contributed by atoms with Gasteiger partial charge >= 0.3 is 12.1 Å². The molecule has 2 heterocycles. The van der Waals surface area contributed by atoms with Crippen molar-refractivity contribution in [3.8, 4) is 0 Å². The molecule has 2 aliphatic rings. The third kappa shape index (κ3) is 8.98. The summed E-state index contributed by atoms with van der Waals surface area (Å²) in [6.45, 7) is 3.65. The van der Waals surface area contributed by atoms with Gasteiger partial charge in [0.15, 0.2) is 0 Å². The zero-order chi connectivity index (χ0) is 26.6. The Hall–Kier alpha value is -2.14. The van der Waals surface area contributed by atoms with Gasteiger partial charge in [0, 0.05) is 56.9 Å². The first-order valence-corrected chi connectivity index (χ1v) is 13.5. The number of nitrogens with one attached hydrogen (secondary N) is 3. The van der Waals surface area contributed by atoms with Gasteiger partial charge in [0.05, 0.1) is 24.8 Å². The number of hydrogen-bond acceptors (Lipinski definition) is 6. The second-order valence-corrected chi connectivity index (χ2v) is 10.1. The maximum Gasteiger partial charge on any atom is 0.406 e. The van der Waals surface area contributed by atoms with Crippen molar-refractivity contribution in [2.24, 2.45) is 11.8 Å². The highest BCUT2D eigenvalue weighted by molar-refractivity contribution is 6.30. The van der Waals surface area contributed by atoms with Crippen molar-refractivity contribution in [1.29, 1.82) is 0 Å². The number of nitrogens with zero attached hydrogens (tertiary/aromatic N) is 1. The van der Waals surface area contributed by atoms with Gasteiger partial charge in [0.25, 0.3) is 0 Å². The van der Waals surface area contributed by atoms with Crippen LogP contribution in [0.3, 0.4) is 0 Å². The average molecular weight is 543 g/mol. The molecule has 3 amide bonds. The van der Waals surface area contributed by atoms with Crippen LogP contribution in [0.2, 0.25) is 5.02 Å². The lowest BCUT2D eigenvalue weighted by Crippen LogP contribution is -2.52. The Kier molecular flexibility index (Phi) is 12.2. The van der Waals surface area contributed by atoms with Gasteiger partial charge in [-0.3, -0.25) is 0 Å². The molecule has 0 spiro atoms. The third-order valence-electron chi connectivity index (χ3n) is 7.05. The van der Waals surface area contributed by atoms with E-state index in [9.17, 15) is 9.59 Å². The first-order chi connectivity index (χ1) is 17.9. The number of likely N-dealkylation sites (tertiary alicyclic amines) is 1. The monoisotopic (exact) mass is 542 g/mol. The third-order valence-corrected chi connectivity index (χ3v) is 7.34. The van der Waals surface area contributed by atoms with E-state index in [-0.39, 0.29) is 36.2 Å². The van der Waals surface area contributed by atoms with Gasteiger partial charge in [0.2, 0.25) is 0 Å². The SMILES string of the molecule is CNC[C@@H](CC1CCOCC1)NC(=O)N1CCC[C@@H]([C@@H](OCCNC(=O)OC)c2cccc(Cl)c2F)C1. The van der Waals surface area contributed by atoms with Gasteiger partial charge < -0.3 is 35.1 Å². The highest BCUT2D eigenvalue weighted by atomic mass is 35.5. The predicted molar refractivity (Wildman–Crippen MR) is 139 cm³/mol. The summed E-state index contributed by atoms with van der Waals surface area (Å²) in [5.41, 5.74) is 0.352. The van der Waals surface area contributed by atoms with E-state index in [1.54, 1.807) is 17.0 Å². The number of benzene rings is 1. The van der Waals surface area contributed by atoms with E-state index in [0.717, 1.165) is 45.3 Å². The van der Waals surface area contributed by atoms with Crippen molar-refractivity contribution < 1.29 is 28.2 Å². The van der Waals surface area contributed by atoms with E-state index in [4.69, 9.17) is 21.1 Å². The predicted octanol–water partition coefficient (Wildman–Crippen LogP) is 3.72. The minimum atomic E-state index is -0.621. The molecule has 2 fully saturated rings. The van der Waals surface area contributed by atoms with Crippen LogP contribution in [0.1, 0.15) is 43.8 Å². The lowest BCUT2D eigenvalue weighted by atomic mass is 9.88. The van der Waals surface area contributed by atoms with Crippen LogP contribution >= 0.6 is 11.6 Å². The van der Waals surface area contributed by atoms with Crippen LogP contribution in [0.15, 0.2) is 18.2 Å². The molecule has 9 nitrogen and oxygen atoms in total. The number of likely N-dealkylation sites (N-methyl/N-ethyl adjacent to an activating group) is 1. The molecular formula is C26H40ClFN4O5. The highest BCUT2D eigenvalue weighted by Gasteiger charge is 2.33. The highest BCUT2D eigenvalue weighted by Crippen LogP contribution is 2.36. The zero-order valence-corrected chi connectivity index (χ0v) is 22.5. The average Bonchev–Trinajstić information content (AvgIpc) is 2.91. The molecule has 2 saturated heterocycles. The normalized spacial score (nSPS) is 20.2. The number of carbonyl (C=O) groups excluding carboxylic acids is 2. The summed E-state index contributed by atoms with van der Waals surface area (Å²) in [6.07, 6.45) is 3.29. The topological polar surface area (TPSA) is 101 Å². The van der Waals surface area contributed by atoms with Crippen LogP contribution in [0.4, 0.5) is 14.0 Å². The minimum absolute atomic E-state index is 0.0165. The number of halogens is 2. The number of rotatable bonds is 11. The minimum Gasteiger partial charge on any atom is -0.453 e. The number of alkyl carbamates (subject to hydrolysis) is 1. The molecule has 0 bridgehead atoms. The molecule has 208 valence electrons. The van der Waals surface area contributed by atoms with Crippen LogP contribution in [-0.4, -0.2) is 83.2 Å². The molecule has 3 rings (SSSR count). The van der Waals surface area contributed by atoms with Crippen LogP contribution in [0.5, 0.6) is 0 Å². The zero-order valence-electron chi connectivity index (χ0n) is 21.8. The van der Waals surface area contributed by atoms with Crippen molar-refractivity contribution in [3.63, 3.8) is 0 Å². The van der Waals surface area contributed by atoms with Crippen LogP contribution in [0.25, 0.3) is 0 Å². The molecule has 0 unspecified atom stereocenters. The van der Waals surface area contributed by atoms with E-state index in [1.165, 1.54) is 13.2 Å². The van der Waals surface area contributed by atoms with Gasteiger partial charge in [0.1, 0.15) is 5.82 Å². The molecule has 1 aromatic carbocycles. The molecule has 37 heavy (non-hydrogen) atoms. The summed E-state index contributed by atoms with van der Waals surface area (Å²) in [7, 11) is 3.17. The largest absolute Gasteiger partial charge is 0.453 e. The van der Waals surface area contributed by atoms with Gasteiger partial charge in [-0.15, -0.1) is 0 Å². The number of methoxy groups -OCH3 is 1. The van der Waals surface area contributed by atoms with Gasteiger partial charge in [-0.1, -0.05) is 23.7 Å². The number of ether oxygens (including phenoxy) is 3. The Morgan fingerprint density at radius 3 is 2.78 bits per heavy atom. The number of carbonyl (C=O) groups is 2. The van der Waals surface area contributed by atoms with Crippen LogP contribution in [0, 0.1) is 17.7 Å². The van der Waals surface area contributed by atoms with E-state index in [2.05, 4.69) is 20.7 Å². The molecule has 0 saturated carbocycles. The number of urea groups is 1. The maximum absolute atomic E-state index is 15.0. The molecule has 0 radical (unpaired) electrons. The Labute approximate surface area is 223 Å². The first kappa shape index (κ1) is 29.4. The van der Waals surface area contributed by atoms with Crippen molar-refractivity contribution in [1.82, 2.24) is 20.9 Å². The Bertz CT molecular complexity index is 873. The van der Waals surface area contributed by atoms with E-state index >= 15 is 4.39 Å². The summed E-state index contributed by atoms with van der Waals surface area (Å²) >= 11 is 6.07. The lowest BCUT2D eigenvalue weighted by Gasteiger charge is -2.38. The summed E-state index contributed by atoms with van der Waals surface area (Å²) in [6, 6.07) is 4.75. The Morgan fingerprint density at radius 2 is 2.05 bits per heavy atom. The van der Waals surface area contributed by atoms with E-state index < -0.39 is 18.0 Å². The number of amides is 3. The summed E-state index contributed by atoms with van der Waals surface area (Å²) < 4.78 is 31.2. The van der Waals surface area contributed by atoms with Crippen LogP contribution in [-0.2, 0) is 14.2 Å². The fourth-order valence-electron chi connectivity index (χ4n) is 5.16. The van der Waals surface area contributed by atoms with Gasteiger partial charge in [-0.25, -0.2) is 14.0 Å². The summed E-state index contributed by atoms with van der Waals surface area (Å²) in [4.78, 5) is 26.5. The van der Waals surface area contributed by atoms with Crippen molar-refractivity contribution in [2.75, 3.05) is 60.2 Å². The molecular weight excluding hydrogens is 503 g/mol. The Balaban J connectivity index is 1.66. The number of hydrogen-bond donors (Lipinski definition) is 3. The molecule has 3 atom stereocenters. The smallest absolute Gasteiger partial charge is 0.406 e. The van der Waals surface area contributed by atoms with E-state index in [0.29, 0.717) is 31.1 Å². The van der Waals surface area contributed by atoms with Crippen molar-refractivity contribution in [2.45, 2.75) is 44.2 Å². The number of piperidine rings is 1. The quantitative estimate of drug-likeness (QED) is 0.368. The standard InChI is InChI=1S/C26H40ClFN4O5/c1-29-16-20(15-18-8-12-36-13-9-18)31-25(33)32-11-4-5-19(17-32)24(37-14-10-30-26(34)35-2)21-6-3-7-22(27)23(21)28/h3,6-7,18-20,24,29H,4-5,8-17H2,1-2H3,(H,30,34)(H,31,33)/t19-,20-,24-/m1/s1. The molecule has 1 aromatic rings.